The fraction of sp³-hybridized carbons (Fsp3) is 0.375. The number of hydrogen-bond acceptors (Lipinski definition) is 4. The van der Waals surface area contributed by atoms with E-state index >= 15 is 0 Å². The molecular weight excluding hydrogens is 304 g/mol. The lowest BCUT2D eigenvalue weighted by molar-refractivity contribution is 0.199. The number of methoxy groups -OCH3 is 1. The number of hydrogen-bond donors (Lipinski definition) is 1. The lowest BCUT2D eigenvalue weighted by Gasteiger charge is -2.19. The molecule has 2 rings (SSSR count). The van der Waals surface area contributed by atoms with Crippen molar-refractivity contribution in [3.05, 3.63) is 51.2 Å². The van der Waals surface area contributed by atoms with E-state index in [1.54, 1.807) is 18.4 Å². The van der Waals surface area contributed by atoms with Gasteiger partial charge in [0, 0.05) is 42.8 Å². The third-order valence-electron chi connectivity index (χ3n) is 3.25. The zero-order valence-corrected chi connectivity index (χ0v) is 14.0. The molecule has 21 heavy (non-hydrogen) atoms. The Morgan fingerprint density at radius 2 is 2.19 bits per heavy atom. The molecule has 0 radical (unpaired) electrons. The number of thiophene rings is 1. The Labute approximate surface area is 135 Å². The largest absolute Gasteiger partial charge is 0.383 e. The second-order valence-corrected chi connectivity index (χ2v) is 6.32. The van der Waals surface area contributed by atoms with Crippen molar-refractivity contribution in [2.75, 3.05) is 32.2 Å². The first-order valence-electron chi connectivity index (χ1n) is 6.92. The maximum absolute atomic E-state index is 6.37. The quantitative estimate of drug-likeness (QED) is 0.748. The standard InChI is InChI=1S/C16H21ClN2OS/c1-19(12-15-4-3-9-21-15)14-6-5-13(16(17)10-14)11-18-7-8-20-2/h3-6,9-10,18H,7-8,11-12H2,1-2H3. The van der Waals surface area contributed by atoms with E-state index in [1.165, 1.54) is 4.88 Å². The summed E-state index contributed by atoms with van der Waals surface area (Å²) in [5, 5.41) is 6.21. The maximum Gasteiger partial charge on any atom is 0.0587 e. The fourth-order valence-corrected chi connectivity index (χ4v) is 3.04. The van der Waals surface area contributed by atoms with Crippen molar-refractivity contribution in [1.82, 2.24) is 5.32 Å². The maximum atomic E-state index is 6.37. The Morgan fingerprint density at radius 3 is 2.86 bits per heavy atom. The highest BCUT2D eigenvalue weighted by molar-refractivity contribution is 7.09. The summed E-state index contributed by atoms with van der Waals surface area (Å²) in [7, 11) is 3.79. The SMILES string of the molecule is COCCNCc1ccc(N(C)Cc2cccs2)cc1Cl. The Morgan fingerprint density at radius 1 is 1.33 bits per heavy atom. The number of halogens is 1. The van der Waals surface area contributed by atoms with E-state index in [2.05, 4.69) is 46.9 Å². The second-order valence-electron chi connectivity index (χ2n) is 4.88. The van der Waals surface area contributed by atoms with Crippen molar-refractivity contribution in [2.24, 2.45) is 0 Å². The average Bonchev–Trinajstić information content (AvgIpc) is 2.97. The first-order chi connectivity index (χ1) is 10.2. The molecule has 0 aliphatic heterocycles. The van der Waals surface area contributed by atoms with Gasteiger partial charge in [0.2, 0.25) is 0 Å². The van der Waals surface area contributed by atoms with Crippen molar-refractivity contribution >= 4 is 28.6 Å². The molecule has 0 aliphatic carbocycles. The summed E-state index contributed by atoms with van der Waals surface area (Å²) in [6.07, 6.45) is 0. The molecular formula is C16H21ClN2OS. The van der Waals surface area contributed by atoms with Gasteiger partial charge in [-0.3, -0.25) is 0 Å². The van der Waals surface area contributed by atoms with Crippen molar-refractivity contribution in [2.45, 2.75) is 13.1 Å². The van der Waals surface area contributed by atoms with Crippen LogP contribution in [-0.4, -0.2) is 27.3 Å². The average molecular weight is 325 g/mol. The third kappa shape index (κ3) is 5.00. The van der Waals surface area contributed by atoms with Crippen molar-refractivity contribution in [1.29, 1.82) is 0 Å². The van der Waals surface area contributed by atoms with E-state index in [4.69, 9.17) is 16.3 Å². The highest BCUT2D eigenvalue weighted by Crippen LogP contribution is 2.24. The van der Waals surface area contributed by atoms with Crippen LogP contribution in [0.3, 0.4) is 0 Å². The van der Waals surface area contributed by atoms with Crippen LogP contribution in [0.15, 0.2) is 35.7 Å². The van der Waals surface area contributed by atoms with Gasteiger partial charge in [-0.1, -0.05) is 23.7 Å². The van der Waals surface area contributed by atoms with Gasteiger partial charge in [0.05, 0.1) is 13.2 Å². The summed E-state index contributed by atoms with van der Waals surface area (Å²) >= 11 is 8.15. The molecule has 3 nitrogen and oxygen atoms in total. The number of benzene rings is 1. The smallest absolute Gasteiger partial charge is 0.0587 e. The van der Waals surface area contributed by atoms with Crippen molar-refractivity contribution < 1.29 is 4.74 Å². The molecule has 1 aromatic heterocycles. The normalized spacial score (nSPS) is 10.8. The monoisotopic (exact) mass is 324 g/mol. The molecule has 114 valence electrons. The van der Waals surface area contributed by atoms with Gasteiger partial charge in [-0.15, -0.1) is 11.3 Å². The van der Waals surface area contributed by atoms with E-state index in [0.29, 0.717) is 6.61 Å². The molecule has 2 aromatic rings. The zero-order chi connectivity index (χ0) is 15.1. The third-order valence-corrected chi connectivity index (χ3v) is 4.46. The minimum atomic E-state index is 0.708. The number of nitrogens with zero attached hydrogens (tertiary/aromatic N) is 1. The van der Waals surface area contributed by atoms with Gasteiger partial charge in [0.1, 0.15) is 0 Å². The van der Waals surface area contributed by atoms with E-state index in [1.807, 2.05) is 6.07 Å². The lowest BCUT2D eigenvalue weighted by Crippen LogP contribution is -2.19. The number of rotatable bonds is 8. The molecule has 1 aromatic carbocycles. The molecule has 0 spiro atoms. The number of ether oxygens (including phenoxy) is 1. The molecule has 0 bridgehead atoms. The van der Waals surface area contributed by atoms with Crippen molar-refractivity contribution in [3.8, 4) is 0 Å². The molecule has 0 saturated carbocycles. The van der Waals surface area contributed by atoms with Gasteiger partial charge in [-0.2, -0.15) is 0 Å². The molecule has 5 heteroatoms. The van der Waals surface area contributed by atoms with Gasteiger partial charge in [0.25, 0.3) is 0 Å². The fourth-order valence-electron chi connectivity index (χ4n) is 2.04. The summed E-state index contributed by atoms with van der Waals surface area (Å²) in [5.41, 5.74) is 2.25. The Kier molecular flexibility index (Phi) is 6.51. The molecule has 0 amide bonds. The van der Waals surface area contributed by atoms with Gasteiger partial charge >= 0.3 is 0 Å². The van der Waals surface area contributed by atoms with Crippen LogP contribution < -0.4 is 10.2 Å². The number of anilines is 1. The number of nitrogens with one attached hydrogen (secondary N) is 1. The van der Waals surface area contributed by atoms with E-state index in [9.17, 15) is 0 Å². The predicted molar refractivity (Wildman–Crippen MR) is 91.5 cm³/mol. The van der Waals surface area contributed by atoms with Gasteiger partial charge in [-0.05, 0) is 29.1 Å². The highest BCUT2D eigenvalue weighted by Gasteiger charge is 2.06. The summed E-state index contributed by atoms with van der Waals surface area (Å²) in [5.74, 6) is 0. The summed E-state index contributed by atoms with van der Waals surface area (Å²) in [4.78, 5) is 3.55. The van der Waals surface area contributed by atoms with E-state index in [0.717, 1.165) is 35.9 Å². The van der Waals surface area contributed by atoms with Crippen LogP contribution in [0.1, 0.15) is 10.4 Å². The predicted octanol–water partition coefficient (Wildman–Crippen LogP) is 3.77. The topological polar surface area (TPSA) is 24.5 Å². The highest BCUT2D eigenvalue weighted by atomic mass is 35.5. The summed E-state index contributed by atoms with van der Waals surface area (Å²) < 4.78 is 5.01. The van der Waals surface area contributed by atoms with Crippen molar-refractivity contribution in [3.63, 3.8) is 0 Å². The summed E-state index contributed by atoms with van der Waals surface area (Å²) in [6.45, 7) is 3.20. The minimum Gasteiger partial charge on any atom is -0.383 e. The lowest BCUT2D eigenvalue weighted by atomic mass is 10.2. The van der Waals surface area contributed by atoms with Crippen LogP contribution in [0.2, 0.25) is 5.02 Å². The van der Waals surface area contributed by atoms with Crippen LogP contribution in [0.5, 0.6) is 0 Å². The Balaban J connectivity index is 1.94. The van der Waals surface area contributed by atoms with E-state index in [-0.39, 0.29) is 0 Å². The molecule has 0 saturated heterocycles. The van der Waals surface area contributed by atoms with Crippen LogP contribution in [0.4, 0.5) is 5.69 Å². The van der Waals surface area contributed by atoms with Crippen LogP contribution in [-0.2, 0) is 17.8 Å². The first kappa shape index (κ1) is 16.3. The van der Waals surface area contributed by atoms with E-state index < -0.39 is 0 Å². The first-order valence-corrected chi connectivity index (χ1v) is 8.18. The van der Waals surface area contributed by atoms with Crippen LogP contribution in [0, 0.1) is 0 Å². The molecule has 0 unspecified atom stereocenters. The summed E-state index contributed by atoms with van der Waals surface area (Å²) in [6, 6.07) is 10.5. The van der Waals surface area contributed by atoms with Gasteiger partial charge < -0.3 is 15.0 Å². The Hall–Kier alpha value is -1.07. The van der Waals surface area contributed by atoms with Crippen LogP contribution in [0.25, 0.3) is 0 Å². The second kappa shape index (κ2) is 8.39. The van der Waals surface area contributed by atoms with Crippen LogP contribution >= 0.6 is 22.9 Å². The van der Waals surface area contributed by atoms with Gasteiger partial charge in [-0.25, -0.2) is 0 Å². The minimum absolute atomic E-state index is 0.708. The molecule has 1 N–H and O–H groups in total. The zero-order valence-electron chi connectivity index (χ0n) is 12.4. The Bertz CT molecular complexity index is 545. The molecule has 1 heterocycles. The molecule has 0 fully saturated rings. The molecule has 0 atom stereocenters. The van der Waals surface area contributed by atoms with Gasteiger partial charge in [0.15, 0.2) is 0 Å². The molecule has 0 aliphatic rings.